The van der Waals surface area contributed by atoms with E-state index >= 15 is 0 Å². The molecule has 0 heterocycles. The number of aryl methyl sites for hydroxylation is 1. The minimum Gasteiger partial charge on any atom is -0.491 e. The van der Waals surface area contributed by atoms with Gasteiger partial charge in [0.2, 0.25) is 0 Å². The van der Waals surface area contributed by atoms with Gasteiger partial charge in [-0.1, -0.05) is 57.2 Å². The second kappa shape index (κ2) is 15.0. The molecule has 0 saturated carbocycles. The number of carboxylic acids is 1. The highest BCUT2D eigenvalue weighted by Gasteiger charge is 2.26. The van der Waals surface area contributed by atoms with Crippen LogP contribution in [0, 0.1) is 11.3 Å². The SMILES string of the molecule is CCc1cc(CC(C)C)c(OCCOCc2ccccc2)c(C(Nc2ccc(C(=N)N)cc2)C(=O)O)c1.Cl. The summed E-state index contributed by atoms with van der Waals surface area (Å²) < 4.78 is 12.0. The van der Waals surface area contributed by atoms with Gasteiger partial charge in [-0.2, -0.15) is 0 Å². The quantitative estimate of drug-likeness (QED) is 0.114. The second-order valence-corrected chi connectivity index (χ2v) is 9.42. The smallest absolute Gasteiger partial charge is 0.330 e. The summed E-state index contributed by atoms with van der Waals surface area (Å²) in [6.07, 6.45) is 1.54. The molecule has 1 unspecified atom stereocenters. The van der Waals surface area contributed by atoms with Crippen LogP contribution in [0.15, 0.2) is 66.7 Å². The fourth-order valence-corrected chi connectivity index (χ4v) is 4.12. The van der Waals surface area contributed by atoms with Crippen LogP contribution in [0.4, 0.5) is 5.69 Å². The average molecular weight is 540 g/mol. The number of amidine groups is 1. The Morgan fingerprint density at radius 2 is 1.71 bits per heavy atom. The minimum atomic E-state index is -1.03. The highest BCUT2D eigenvalue weighted by Crippen LogP contribution is 2.35. The molecule has 0 saturated heterocycles. The predicted molar refractivity (Wildman–Crippen MR) is 155 cm³/mol. The van der Waals surface area contributed by atoms with Crippen LogP contribution in [-0.4, -0.2) is 30.1 Å². The number of benzene rings is 3. The van der Waals surface area contributed by atoms with Crippen LogP contribution in [0.5, 0.6) is 5.75 Å². The van der Waals surface area contributed by atoms with Crippen LogP contribution in [0.1, 0.15) is 54.6 Å². The van der Waals surface area contributed by atoms with Crippen molar-refractivity contribution in [2.24, 2.45) is 11.7 Å². The number of carboxylic acid groups (broad SMARTS) is 1. The van der Waals surface area contributed by atoms with E-state index in [1.807, 2.05) is 36.4 Å². The Kier molecular flexibility index (Phi) is 12.1. The lowest BCUT2D eigenvalue weighted by molar-refractivity contribution is -0.138. The van der Waals surface area contributed by atoms with Crippen LogP contribution in [0.2, 0.25) is 0 Å². The van der Waals surface area contributed by atoms with Crippen molar-refractivity contribution < 1.29 is 19.4 Å². The number of halogens is 1. The van der Waals surface area contributed by atoms with Crippen LogP contribution < -0.4 is 15.8 Å². The minimum absolute atomic E-state index is 0. The molecule has 0 amide bonds. The predicted octanol–water partition coefficient (Wildman–Crippen LogP) is 5.99. The third-order valence-electron chi connectivity index (χ3n) is 5.94. The normalized spacial score (nSPS) is 11.5. The second-order valence-electron chi connectivity index (χ2n) is 9.42. The van der Waals surface area contributed by atoms with Gasteiger partial charge in [0.25, 0.3) is 0 Å². The first kappa shape index (κ1) is 30.7. The molecule has 204 valence electrons. The van der Waals surface area contributed by atoms with Crippen molar-refractivity contribution in [1.82, 2.24) is 0 Å². The first-order valence-corrected chi connectivity index (χ1v) is 12.6. The summed E-state index contributed by atoms with van der Waals surface area (Å²) >= 11 is 0. The summed E-state index contributed by atoms with van der Waals surface area (Å²) in [6, 6.07) is 19.8. The molecule has 0 fully saturated rings. The highest BCUT2D eigenvalue weighted by molar-refractivity contribution is 5.95. The summed E-state index contributed by atoms with van der Waals surface area (Å²) in [5, 5.41) is 20.9. The molecule has 1 atom stereocenters. The van der Waals surface area contributed by atoms with E-state index in [1.54, 1.807) is 24.3 Å². The fourth-order valence-electron chi connectivity index (χ4n) is 4.12. The van der Waals surface area contributed by atoms with Gasteiger partial charge in [0, 0.05) is 16.8 Å². The molecule has 3 aromatic rings. The number of nitrogens with two attached hydrogens (primary N) is 1. The van der Waals surface area contributed by atoms with Gasteiger partial charge in [-0.05, 0) is 65.8 Å². The van der Waals surface area contributed by atoms with Gasteiger partial charge in [0.1, 0.15) is 18.2 Å². The van der Waals surface area contributed by atoms with Crippen LogP contribution in [0.3, 0.4) is 0 Å². The lowest BCUT2D eigenvalue weighted by atomic mass is 9.93. The van der Waals surface area contributed by atoms with Crippen molar-refractivity contribution >= 4 is 29.9 Å². The van der Waals surface area contributed by atoms with E-state index in [0.717, 1.165) is 29.5 Å². The largest absolute Gasteiger partial charge is 0.491 e. The Morgan fingerprint density at radius 3 is 2.29 bits per heavy atom. The molecule has 38 heavy (non-hydrogen) atoms. The molecular weight excluding hydrogens is 502 g/mol. The Balaban J connectivity index is 0.00000507. The van der Waals surface area contributed by atoms with Gasteiger partial charge in [-0.25, -0.2) is 4.79 Å². The molecule has 0 aliphatic rings. The van der Waals surface area contributed by atoms with Gasteiger partial charge < -0.3 is 25.6 Å². The van der Waals surface area contributed by atoms with Gasteiger partial charge in [-0.15, -0.1) is 12.4 Å². The maximum absolute atomic E-state index is 12.5. The third-order valence-corrected chi connectivity index (χ3v) is 5.94. The molecule has 0 aromatic heterocycles. The number of aliphatic carboxylic acids is 1. The molecule has 0 aliphatic carbocycles. The lowest BCUT2D eigenvalue weighted by Gasteiger charge is -2.24. The molecule has 7 nitrogen and oxygen atoms in total. The van der Waals surface area contributed by atoms with E-state index in [9.17, 15) is 9.90 Å². The molecule has 3 rings (SSSR count). The van der Waals surface area contributed by atoms with Crippen molar-refractivity contribution in [2.45, 2.75) is 46.3 Å². The Bertz CT molecular complexity index is 1180. The summed E-state index contributed by atoms with van der Waals surface area (Å²) in [6.45, 7) is 7.49. The number of hydrogen-bond acceptors (Lipinski definition) is 5. The molecular formula is C30H38ClN3O4. The Hall–Kier alpha value is -3.55. The molecule has 5 N–H and O–H groups in total. The molecule has 3 aromatic carbocycles. The number of nitrogen functional groups attached to an aromatic ring is 1. The van der Waals surface area contributed by atoms with E-state index in [2.05, 4.69) is 32.2 Å². The fraction of sp³-hybridized carbons (Fsp3) is 0.333. The standard InChI is InChI=1S/C30H37N3O4.ClH/c1-4-21-17-24(16-20(2)3)28(37-15-14-36-19-22-8-6-5-7-9-22)26(18-21)27(30(34)35)33-25-12-10-23(11-13-25)29(31)32;/h5-13,17-18,20,27,33H,4,14-16,19H2,1-3H3,(H3,31,32)(H,34,35);1H. The van der Waals surface area contributed by atoms with Crippen molar-refractivity contribution in [3.8, 4) is 5.75 Å². The maximum atomic E-state index is 12.5. The summed E-state index contributed by atoms with van der Waals surface area (Å²) in [5.41, 5.74) is 10.5. The molecule has 0 bridgehead atoms. The maximum Gasteiger partial charge on any atom is 0.330 e. The first-order valence-electron chi connectivity index (χ1n) is 12.6. The molecule has 0 spiro atoms. The van der Waals surface area contributed by atoms with E-state index < -0.39 is 12.0 Å². The number of anilines is 1. The monoisotopic (exact) mass is 539 g/mol. The summed E-state index contributed by atoms with van der Waals surface area (Å²) in [7, 11) is 0. The van der Waals surface area contributed by atoms with E-state index in [4.69, 9.17) is 20.6 Å². The van der Waals surface area contributed by atoms with E-state index in [1.165, 1.54) is 0 Å². The van der Waals surface area contributed by atoms with Gasteiger partial charge >= 0.3 is 5.97 Å². The van der Waals surface area contributed by atoms with Crippen LogP contribution in [0.25, 0.3) is 0 Å². The number of rotatable bonds is 14. The first-order chi connectivity index (χ1) is 17.8. The van der Waals surface area contributed by atoms with Crippen molar-refractivity contribution in [2.75, 3.05) is 18.5 Å². The Morgan fingerprint density at radius 1 is 1.03 bits per heavy atom. The van der Waals surface area contributed by atoms with Gasteiger partial charge in [-0.3, -0.25) is 5.41 Å². The summed E-state index contributed by atoms with van der Waals surface area (Å²) in [4.78, 5) is 12.5. The zero-order valence-electron chi connectivity index (χ0n) is 22.2. The van der Waals surface area contributed by atoms with Crippen molar-refractivity contribution in [3.05, 3.63) is 94.5 Å². The number of hydrogen-bond donors (Lipinski definition) is 4. The number of carbonyl (C=O) groups is 1. The van der Waals surface area contributed by atoms with Crippen molar-refractivity contribution in [1.29, 1.82) is 5.41 Å². The van der Waals surface area contributed by atoms with Gasteiger partial charge in [0.15, 0.2) is 6.04 Å². The molecule has 0 radical (unpaired) electrons. The number of nitrogens with one attached hydrogen (secondary N) is 2. The number of ether oxygens (including phenoxy) is 2. The average Bonchev–Trinajstić information content (AvgIpc) is 2.88. The summed E-state index contributed by atoms with van der Waals surface area (Å²) in [5.74, 6) is -0.0912. The topological polar surface area (TPSA) is 118 Å². The van der Waals surface area contributed by atoms with Gasteiger partial charge in [0.05, 0.1) is 13.2 Å². The third kappa shape index (κ3) is 8.78. The van der Waals surface area contributed by atoms with E-state index in [0.29, 0.717) is 48.3 Å². The molecule has 8 heteroatoms. The van der Waals surface area contributed by atoms with Crippen LogP contribution in [-0.2, 0) is 29.0 Å². The van der Waals surface area contributed by atoms with Crippen molar-refractivity contribution in [3.63, 3.8) is 0 Å². The molecule has 0 aliphatic heterocycles. The lowest BCUT2D eigenvalue weighted by Crippen LogP contribution is -2.23. The zero-order chi connectivity index (χ0) is 26.8. The van der Waals surface area contributed by atoms with Crippen LogP contribution >= 0.6 is 12.4 Å². The Labute approximate surface area is 231 Å². The zero-order valence-corrected chi connectivity index (χ0v) is 23.0. The highest BCUT2D eigenvalue weighted by atomic mass is 35.5. The van der Waals surface area contributed by atoms with E-state index in [-0.39, 0.29) is 18.2 Å².